The molecule has 2 fully saturated rings. The molecule has 11 nitrogen and oxygen atoms in total. The van der Waals surface area contributed by atoms with E-state index in [-0.39, 0.29) is 51.3 Å². The number of rotatable bonds is 7. The van der Waals surface area contributed by atoms with E-state index >= 15 is 0 Å². The highest BCUT2D eigenvalue weighted by atomic mass is 35.5. The molecule has 43 heavy (non-hydrogen) atoms. The number of hydrogen-bond acceptors (Lipinski definition) is 7. The molecule has 5 rings (SSSR count). The summed E-state index contributed by atoms with van der Waals surface area (Å²) in [5.74, 6) is -3.61. The average molecular weight is 617 g/mol. The van der Waals surface area contributed by atoms with Crippen molar-refractivity contribution in [3.63, 3.8) is 0 Å². The molecule has 2 atom stereocenters. The summed E-state index contributed by atoms with van der Waals surface area (Å²) in [6, 6.07) is 6.64. The number of aliphatic hydroxyl groups is 1. The second-order valence-electron chi connectivity index (χ2n) is 10.5. The van der Waals surface area contributed by atoms with Crippen molar-refractivity contribution in [3.05, 3.63) is 64.6 Å². The molecule has 2 aliphatic heterocycles. The topological polar surface area (TPSA) is 138 Å². The molecule has 0 unspecified atom stereocenters. The number of aliphatic hydroxyl groups excluding tert-OH is 1. The van der Waals surface area contributed by atoms with Crippen molar-refractivity contribution in [1.82, 2.24) is 25.1 Å². The summed E-state index contributed by atoms with van der Waals surface area (Å²) in [5.41, 5.74) is 0.670. The molecular formula is C29H31ClF2N6O5. The fraction of sp³-hybridized carbons (Fsp3) is 0.379. The molecule has 3 aromatic rings. The molecule has 0 radical (unpaired) electrons. The molecule has 14 heteroatoms. The molecule has 4 N–H and O–H groups in total. The fourth-order valence-electron chi connectivity index (χ4n) is 5.33. The number of hydrogen-bond donors (Lipinski definition) is 4. The van der Waals surface area contributed by atoms with Gasteiger partial charge in [0, 0.05) is 44.0 Å². The lowest BCUT2D eigenvalue weighted by molar-refractivity contribution is -0.123. The predicted octanol–water partition coefficient (Wildman–Crippen LogP) is 2.72. The highest BCUT2D eigenvalue weighted by Crippen LogP contribution is 2.30. The molecule has 0 aliphatic carbocycles. The van der Waals surface area contributed by atoms with Crippen molar-refractivity contribution in [3.8, 4) is 17.0 Å². The average Bonchev–Trinajstić information content (AvgIpc) is 3.60. The summed E-state index contributed by atoms with van der Waals surface area (Å²) < 4.78 is 35.0. The number of piperidine rings is 1. The van der Waals surface area contributed by atoms with Gasteiger partial charge < -0.3 is 35.3 Å². The van der Waals surface area contributed by atoms with E-state index in [0.29, 0.717) is 44.6 Å². The maximum Gasteiger partial charge on any atom is 0.291 e. The third-order valence-electron chi connectivity index (χ3n) is 7.74. The van der Waals surface area contributed by atoms with Crippen LogP contribution in [-0.4, -0.2) is 82.2 Å². The minimum absolute atomic E-state index is 0.0586. The zero-order valence-electron chi connectivity index (χ0n) is 23.5. The summed E-state index contributed by atoms with van der Waals surface area (Å²) >= 11 is 6.44. The number of carbonyl (C=O) groups excluding carboxylic acids is 3. The van der Waals surface area contributed by atoms with Gasteiger partial charge in [-0.05, 0) is 49.6 Å². The van der Waals surface area contributed by atoms with Crippen LogP contribution in [-0.2, 0) is 11.8 Å². The van der Waals surface area contributed by atoms with Gasteiger partial charge in [0.05, 0.1) is 41.7 Å². The number of carbonyl (C=O) groups is 3. The highest BCUT2D eigenvalue weighted by molar-refractivity contribution is 6.34. The number of ether oxygens (including phenoxy) is 1. The first kappa shape index (κ1) is 30.4. The van der Waals surface area contributed by atoms with E-state index in [1.165, 1.54) is 55.3 Å². The van der Waals surface area contributed by atoms with Gasteiger partial charge >= 0.3 is 0 Å². The second-order valence-corrected chi connectivity index (χ2v) is 11.0. The number of methoxy groups -OCH3 is 1. The van der Waals surface area contributed by atoms with Crippen molar-refractivity contribution >= 4 is 35.0 Å². The molecule has 2 aromatic carbocycles. The zero-order chi connectivity index (χ0) is 30.8. The number of anilines is 1. The van der Waals surface area contributed by atoms with Gasteiger partial charge in [-0.2, -0.15) is 4.39 Å². The van der Waals surface area contributed by atoms with Gasteiger partial charge in [-0.1, -0.05) is 11.6 Å². The Kier molecular flexibility index (Phi) is 8.95. The number of benzene rings is 2. The van der Waals surface area contributed by atoms with E-state index in [4.69, 9.17) is 16.3 Å². The van der Waals surface area contributed by atoms with Crippen molar-refractivity contribution in [1.29, 1.82) is 0 Å². The van der Waals surface area contributed by atoms with Crippen LogP contribution in [0.15, 0.2) is 36.5 Å². The van der Waals surface area contributed by atoms with E-state index in [1.807, 2.05) is 0 Å². The van der Waals surface area contributed by atoms with Crippen LogP contribution in [0.25, 0.3) is 11.3 Å². The quantitative estimate of drug-likeness (QED) is 0.320. The highest BCUT2D eigenvalue weighted by Gasteiger charge is 2.31. The monoisotopic (exact) mass is 616 g/mol. The van der Waals surface area contributed by atoms with Gasteiger partial charge in [0.2, 0.25) is 11.7 Å². The van der Waals surface area contributed by atoms with Gasteiger partial charge in [0.1, 0.15) is 0 Å². The predicted molar refractivity (Wildman–Crippen MR) is 154 cm³/mol. The van der Waals surface area contributed by atoms with Crippen LogP contribution < -0.4 is 20.7 Å². The largest absolute Gasteiger partial charge is 0.494 e. The van der Waals surface area contributed by atoms with Gasteiger partial charge in [0.25, 0.3) is 11.8 Å². The Labute approximate surface area is 251 Å². The summed E-state index contributed by atoms with van der Waals surface area (Å²) in [6.07, 6.45) is 2.28. The number of halogens is 3. The van der Waals surface area contributed by atoms with Crippen molar-refractivity contribution < 1.29 is 33.0 Å². The molecule has 0 spiro atoms. The Morgan fingerprint density at radius 3 is 2.53 bits per heavy atom. The molecule has 0 bridgehead atoms. The first-order chi connectivity index (χ1) is 20.6. The van der Waals surface area contributed by atoms with Crippen molar-refractivity contribution in [2.45, 2.75) is 37.5 Å². The fourth-order valence-corrected chi connectivity index (χ4v) is 5.59. The first-order valence-corrected chi connectivity index (χ1v) is 14.1. The minimum Gasteiger partial charge on any atom is -0.494 e. The van der Waals surface area contributed by atoms with Crippen LogP contribution in [0, 0.1) is 11.6 Å². The third-order valence-corrected chi connectivity index (χ3v) is 8.06. The van der Waals surface area contributed by atoms with Gasteiger partial charge in [-0.15, -0.1) is 0 Å². The molecule has 228 valence electrons. The Morgan fingerprint density at radius 1 is 1.14 bits per heavy atom. The van der Waals surface area contributed by atoms with Crippen molar-refractivity contribution in [2.75, 3.05) is 32.1 Å². The lowest BCUT2D eigenvalue weighted by Gasteiger charge is -2.33. The maximum atomic E-state index is 14.6. The van der Waals surface area contributed by atoms with Crippen LogP contribution in [0.2, 0.25) is 5.02 Å². The normalized spacial score (nSPS) is 18.9. The van der Waals surface area contributed by atoms with E-state index < -0.39 is 29.7 Å². The number of nitrogens with one attached hydrogen (secondary N) is 3. The third kappa shape index (κ3) is 6.33. The standard InChI is InChI=1S/C29H31ClF2N6O5/c1-37-22(19-5-6-23(43-2)25(32)24(19)31)14-34-26(37)28(41)36-16-3-4-18(20(30)11-16)29(42)38-9-7-15(8-10-38)35-27(40)21-12-17(39)13-33-21/h3-6,11,14-15,17,21,33,39H,7-10,12-13H2,1-2H3,(H,35,40)(H,36,41)/t17-,21+/m1/s1. The lowest BCUT2D eigenvalue weighted by Crippen LogP contribution is -2.50. The molecule has 1 aromatic heterocycles. The number of imidazole rings is 1. The van der Waals surface area contributed by atoms with E-state index in [1.54, 1.807) is 4.90 Å². The van der Waals surface area contributed by atoms with Crippen LogP contribution in [0.1, 0.15) is 40.2 Å². The molecule has 2 aliphatic rings. The Hall–Kier alpha value is -4.07. The van der Waals surface area contributed by atoms with Crippen LogP contribution >= 0.6 is 11.6 Å². The summed E-state index contributed by atoms with van der Waals surface area (Å²) in [7, 11) is 2.73. The molecular weight excluding hydrogens is 586 g/mol. The number of β-amino-alcohol motifs (C(OH)–C–C–N with tert-alkyl or cyclic N) is 1. The number of nitrogens with zero attached hydrogens (tertiary/aromatic N) is 3. The van der Waals surface area contributed by atoms with Gasteiger partial charge in [-0.25, -0.2) is 9.37 Å². The lowest BCUT2D eigenvalue weighted by atomic mass is 10.0. The number of aromatic nitrogens is 2. The van der Waals surface area contributed by atoms with Gasteiger partial charge in [0.15, 0.2) is 17.4 Å². The number of likely N-dealkylation sites (tertiary alicyclic amines) is 1. The summed E-state index contributed by atoms with van der Waals surface area (Å²) in [5, 5.41) is 18.4. The van der Waals surface area contributed by atoms with Crippen LogP contribution in [0.4, 0.5) is 14.5 Å². The second kappa shape index (κ2) is 12.7. The molecule has 2 saturated heterocycles. The van der Waals surface area contributed by atoms with Crippen LogP contribution in [0.3, 0.4) is 0 Å². The Balaban J connectivity index is 1.19. The van der Waals surface area contributed by atoms with Gasteiger partial charge in [-0.3, -0.25) is 14.4 Å². The summed E-state index contributed by atoms with van der Waals surface area (Å²) in [6.45, 7) is 1.26. The minimum atomic E-state index is -1.15. The first-order valence-electron chi connectivity index (χ1n) is 13.7. The van der Waals surface area contributed by atoms with E-state index in [0.717, 1.165) is 0 Å². The smallest absolute Gasteiger partial charge is 0.291 e. The molecule has 0 saturated carbocycles. The zero-order valence-corrected chi connectivity index (χ0v) is 24.3. The Bertz CT molecular complexity index is 1560. The molecule has 3 heterocycles. The van der Waals surface area contributed by atoms with Crippen molar-refractivity contribution in [2.24, 2.45) is 7.05 Å². The van der Waals surface area contributed by atoms with E-state index in [2.05, 4.69) is 20.9 Å². The van der Waals surface area contributed by atoms with E-state index in [9.17, 15) is 28.3 Å². The SMILES string of the molecule is COc1ccc(-c2cnc(C(=O)Nc3ccc(C(=O)N4CCC(NC(=O)[C@@H]5C[C@@H](O)CN5)CC4)c(Cl)c3)n2C)c(F)c1F. The number of amides is 3. The Morgan fingerprint density at radius 2 is 1.88 bits per heavy atom. The van der Waals surface area contributed by atoms with Crippen LogP contribution in [0.5, 0.6) is 5.75 Å². The maximum absolute atomic E-state index is 14.6. The summed E-state index contributed by atoms with van der Waals surface area (Å²) in [4.78, 5) is 44.3. The molecule has 3 amide bonds.